The van der Waals surface area contributed by atoms with E-state index in [1.54, 1.807) is 0 Å². The highest BCUT2D eigenvalue weighted by molar-refractivity contribution is 5.57. The standard InChI is InChI=1S/C18H28N6O/c19-14(15-4-1-2-5-20-15)12-16-21-17(23-6-3-7-23)13-18(22-16)24-8-10-25-11-9-24/h12-13,15,20H,1-11,19H2. The minimum absolute atomic E-state index is 0.247. The Labute approximate surface area is 149 Å². The van der Waals surface area contributed by atoms with Gasteiger partial charge in [-0.3, -0.25) is 0 Å². The largest absolute Gasteiger partial charge is 0.401 e. The van der Waals surface area contributed by atoms with Gasteiger partial charge in [-0.05, 0) is 25.8 Å². The summed E-state index contributed by atoms with van der Waals surface area (Å²) in [5, 5.41) is 3.49. The summed E-state index contributed by atoms with van der Waals surface area (Å²) in [7, 11) is 0. The molecule has 3 aliphatic heterocycles. The minimum Gasteiger partial charge on any atom is -0.401 e. The van der Waals surface area contributed by atoms with Gasteiger partial charge in [0.2, 0.25) is 0 Å². The predicted molar refractivity (Wildman–Crippen MR) is 99.7 cm³/mol. The van der Waals surface area contributed by atoms with Crippen LogP contribution in [0.2, 0.25) is 0 Å². The van der Waals surface area contributed by atoms with Gasteiger partial charge >= 0.3 is 0 Å². The Morgan fingerprint density at radius 3 is 2.40 bits per heavy atom. The van der Waals surface area contributed by atoms with Gasteiger partial charge in [0, 0.05) is 50.1 Å². The molecule has 0 bridgehead atoms. The Hall–Kier alpha value is -1.86. The van der Waals surface area contributed by atoms with Gasteiger partial charge in [0.05, 0.1) is 13.2 Å². The van der Waals surface area contributed by atoms with Crippen molar-refractivity contribution in [3.05, 3.63) is 17.6 Å². The lowest BCUT2D eigenvalue weighted by atomic mass is 10.0. The molecule has 0 radical (unpaired) electrons. The second-order valence-corrected chi connectivity index (χ2v) is 7.03. The van der Waals surface area contributed by atoms with Crippen molar-refractivity contribution in [1.82, 2.24) is 15.3 Å². The van der Waals surface area contributed by atoms with Gasteiger partial charge in [-0.2, -0.15) is 0 Å². The predicted octanol–water partition coefficient (Wildman–Crippen LogP) is 0.965. The third kappa shape index (κ3) is 3.88. The molecule has 0 aliphatic carbocycles. The summed E-state index contributed by atoms with van der Waals surface area (Å²) >= 11 is 0. The van der Waals surface area contributed by atoms with E-state index in [0.717, 1.165) is 75.5 Å². The number of ether oxygens (including phenoxy) is 1. The number of nitrogens with one attached hydrogen (secondary N) is 1. The van der Waals surface area contributed by atoms with E-state index < -0.39 is 0 Å². The molecule has 3 fully saturated rings. The van der Waals surface area contributed by atoms with Crippen LogP contribution in [0.4, 0.5) is 11.6 Å². The number of piperidine rings is 1. The summed E-state index contributed by atoms with van der Waals surface area (Å²) in [6.45, 7) is 6.43. The number of aromatic nitrogens is 2. The lowest BCUT2D eigenvalue weighted by Crippen LogP contribution is -2.40. The van der Waals surface area contributed by atoms with Crippen molar-refractivity contribution in [3.63, 3.8) is 0 Å². The van der Waals surface area contributed by atoms with E-state index in [1.165, 1.54) is 19.3 Å². The van der Waals surface area contributed by atoms with Crippen LogP contribution in [0.1, 0.15) is 31.5 Å². The van der Waals surface area contributed by atoms with E-state index in [1.807, 2.05) is 6.08 Å². The summed E-state index contributed by atoms with van der Waals surface area (Å²) in [5.74, 6) is 2.71. The molecule has 3 aliphatic rings. The van der Waals surface area contributed by atoms with Gasteiger partial charge in [0.25, 0.3) is 0 Å². The fourth-order valence-corrected chi connectivity index (χ4v) is 3.55. The number of morpholine rings is 1. The van der Waals surface area contributed by atoms with Crippen LogP contribution in [0.15, 0.2) is 11.8 Å². The first-order chi connectivity index (χ1) is 12.3. The van der Waals surface area contributed by atoms with Crippen molar-refractivity contribution < 1.29 is 4.74 Å². The third-order valence-electron chi connectivity index (χ3n) is 5.24. The van der Waals surface area contributed by atoms with Crippen LogP contribution < -0.4 is 20.9 Å². The number of hydrogen-bond donors (Lipinski definition) is 2. The van der Waals surface area contributed by atoms with Crippen LogP contribution in [0.25, 0.3) is 6.08 Å². The molecule has 4 heterocycles. The normalized spacial score (nSPS) is 25.0. The van der Waals surface area contributed by atoms with Gasteiger partial charge in [-0.15, -0.1) is 0 Å². The van der Waals surface area contributed by atoms with Crippen molar-refractivity contribution in [2.45, 2.75) is 31.7 Å². The number of nitrogens with zero attached hydrogens (tertiary/aromatic N) is 4. The lowest BCUT2D eigenvalue weighted by Gasteiger charge is -2.34. The molecule has 1 unspecified atom stereocenters. The van der Waals surface area contributed by atoms with Gasteiger partial charge in [-0.25, -0.2) is 9.97 Å². The molecule has 3 N–H and O–H groups in total. The number of nitrogens with two attached hydrogens (primary N) is 1. The average molecular weight is 344 g/mol. The third-order valence-corrected chi connectivity index (χ3v) is 5.24. The second-order valence-electron chi connectivity index (χ2n) is 7.03. The highest BCUT2D eigenvalue weighted by atomic mass is 16.5. The fraction of sp³-hybridized carbons (Fsp3) is 0.667. The van der Waals surface area contributed by atoms with Crippen LogP contribution >= 0.6 is 0 Å². The first-order valence-electron chi connectivity index (χ1n) is 9.47. The smallest absolute Gasteiger partial charge is 0.158 e. The zero-order valence-corrected chi connectivity index (χ0v) is 14.8. The van der Waals surface area contributed by atoms with E-state index in [-0.39, 0.29) is 6.04 Å². The van der Waals surface area contributed by atoms with E-state index in [2.05, 4.69) is 21.2 Å². The summed E-state index contributed by atoms with van der Waals surface area (Å²) in [5.41, 5.74) is 7.19. The van der Waals surface area contributed by atoms with Crippen LogP contribution in [-0.2, 0) is 4.74 Å². The minimum atomic E-state index is 0.247. The molecule has 0 amide bonds. The van der Waals surface area contributed by atoms with Crippen molar-refractivity contribution in [2.75, 3.05) is 55.7 Å². The van der Waals surface area contributed by atoms with Crippen LogP contribution in [0.5, 0.6) is 0 Å². The molecule has 7 heteroatoms. The van der Waals surface area contributed by atoms with Crippen molar-refractivity contribution >= 4 is 17.7 Å². The van der Waals surface area contributed by atoms with Gasteiger partial charge in [0.15, 0.2) is 5.82 Å². The number of hydrogen-bond acceptors (Lipinski definition) is 7. The molecule has 25 heavy (non-hydrogen) atoms. The van der Waals surface area contributed by atoms with Gasteiger partial charge in [-0.1, -0.05) is 6.42 Å². The zero-order chi connectivity index (χ0) is 17.1. The molecule has 1 atom stereocenters. The highest BCUT2D eigenvalue weighted by Gasteiger charge is 2.21. The summed E-state index contributed by atoms with van der Waals surface area (Å²) in [4.78, 5) is 14.1. The van der Waals surface area contributed by atoms with Crippen LogP contribution in [-0.4, -0.2) is 61.9 Å². The summed E-state index contributed by atoms with van der Waals surface area (Å²) in [6.07, 6.45) is 6.72. The molecular weight excluding hydrogens is 316 g/mol. The summed E-state index contributed by atoms with van der Waals surface area (Å²) in [6, 6.07) is 2.36. The Kier molecular flexibility index (Phi) is 5.03. The second kappa shape index (κ2) is 7.58. The molecule has 0 saturated carbocycles. The Bertz CT molecular complexity index is 618. The lowest BCUT2D eigenvalue weighted by molar-refractivity contribution is 0.122. The average Bonchev–Trinajstić information content (AvgIpc) is 2.61. The zero-order valence-electron chi connectivity index (χ0n) is 14.8. The molecule has 4 rings (SSSR count). The number of rotatable bonds is 4. The first-order valence-corrected chi connectivity index (χ1v) is 9.47. The molecular formula is C18H28N6O. The maximum absolute atomic E-state index is 6.35. The molecule has 0 spiro atoms. The van der Waals surface area contributed by atoms with E-state index in [9.17, 15) is 0 Å². The van der Waals surface area contributed by atoms with Crippen molar-refractivity contribution in [2.24, 2.45) is 5.73 Å². The molecule has 1 aromatic rings. The highest BCUT2D eigenvalue weighted by Crippen LogP contribution is 2.24. The van der Waals surface area contributed by atoms with E-state index in [0.29, 0.717) is 0 Å². The maximum Gasteiger partial charge on any atom is 0.158 e. The van der Waals surface area contributed by atoms with E-state index >= 15 is 0 Å². The SMILES string of the molecule is NC(=Cc1nc(N2CCC2)cc(N2CCOCC2)n1)C1CCCCN1. The van der Waals surface area contributed by atoms with Crippen LogP contribution in [0.3, 0.4) is 0 Å². The summed E-state index contributed by atoms with van der Waals surface area (Å²) < 4.78 is 5.47. The molecule has 3 saturated heterocycles. The molecule has 1 aromatic heterocycles. The Morgan fingerprint density at radius 2 is 1.80 bits per heavy atom. The van der Waals surface area contributed by atoms with Gasteiger partial charge < -0.3 is 25.6 Å². The monoisotopic (exact) mass is 344 g/mol. The molecule has 0 aromatic carbocycles. The first kappa shape index (κ1) is 16.6. The van der Waals surface area contributed by atoms with Gasteiger partial charge in [0.1, 0.15) is 11.6 Å². The maximum atomic E-state index is 6.35. The van der Waals surface area contributed by atoms with Crippen LogP contribution in [0, 0.1) is 0 Å². The molecule has 7 nitrogen and oxygen atoms in total. The van der Waals surface area contributed by atoms with Crippen molar-refractivity contribution in [1.29, 1.82) is 0 Å². The van der Waals surface area contributed by atoms with E-state index in [4.69, 9.17) is 20.4 Å². The Balaban J connectivity index is 1.60. The topological polar surface area (TPSA) is 79.5 Å². The molecule has 136 valence electrons. The fourth-order valence-electron chi connectivity index (χ4n) is 3.55. The quantitative estimate of drug-likeness (QED) is 0.842. The number of anilines is 2. The van der Waals surface area contributed by atoms with Crippen molar-refractivity contribution in [3.8, 4) is 0 Å². The Morgan fingerprint density at radius 1 is 1.08 bits per heavy atom.